The van der Waals surface area contributed by atoms with Crippen LogP contribution in [0.4, 0.5) is 5.82 Å². The summed E-state index contributed by atoms with van der Waals surface area (Å²) in [6.07, 6.45) is 6.94. The van der Waals surface area contributed by atoms with Crippen LogP contribution in [0.3, 0.4) is 0 Å². The van der Waals surface area contributed by atoms with E-state index in [0.717, 1.165) is 63.2 Å². The number of allylic oxidation sites excluding steroid dienone is 1. The lowest BCUT2D eigenvalue weighted by molar-refractivity contribution is 0.185. The van der Waals surface area contributed by atoms with Crippen molar-refractivity contribution in [3.63, 3.8) is 0 Å². The molecule has 1 aliphatic carbocycles. The molecule has 1 fully saturated rings. The number of hydrogen-bond donors (Lipinski definition) is 1. The second-order valence-electron chi connectivity index (χ2n) is 8.01. The van der Waals surface area contributed by atoms with E-state index in [1.54, 1.807) is 0 Å². The number of aryl methyl sites for hydroxylation is 1. The minimum Gasteiger partial charge on any atom is -0.393 e. The molecule has 0 bridgehead atoms. The van der Waals surface area contributed by atoms with Crippen molar-refractivity contribution < 1.29 is 5.11 Å². The molecule has 2 heterocycles. The third-order valence-corrected chi connectivity index (χ3v) is 5.98. The molecule has 2 aromatic rings. The van der Waals surface area contributed by atoms with Gasteiger partial charge in [0.25, 0.3) is 0 Å². The first-order valence-electron chi connectivity index (χ1n) is 10.6. The average molecular weight is 378 g/mol. The third-order valence-electron chi connectivity index (χ3n) is 5.98. The number of pyridine rings is 1. The Kier molecular flexibility index (Phi) is 5.79. The Bertz CT molecular complexity index is 834. The summed E-state index contributed by atoms with van der Waals surface area (Å²) in [5.41, 5.74) is 6.18. The lowest BCUT2D eigenvalue weighted by atomic mass is 10.0. The zero-order valence-electron chi connectivity index (χ0n) is 17.1. The van der Waals surface area contributed by atoms with Crippen LogP contribution in [0.15, 0.2) is 36.4 Å². The van der Waals surface area contributed by atoms with E-state index in [9.17, 15) is 5.11 Å². The fraction of sp³-hybridized carbons (Fsp3) is 0.458. The predicted octanol–water partition coefficient (Wildman–Crippen LogP) is 3.77. The summed E-state index contributed by atoms with van der Waals surface area (Å²) >= 11 is 0. The number of piperazine rings is 1. The molecular formula is C24H31N3O. The van der Waals surface area contributed by atoms with Gasteiger partial charge in [0.1, 0.15) is 5.82 Å². The molecule has 4 heteroatoms. The van der Waals surface area contributed by atoms with Crippen molar-refractivity contribution in [2.24, 2.45) is 0 Å². The number of likely N-dealkylation sites (N-methyl/N-ethyl adjacent to an activating group) is 1. The smallest absolute Gasteiger partial charge is 0.133 e. The second kappa shape index (κ2) is 8.46. The average Bonchev–Trinajstić information content (AvgIpc) is 3.21. The van der Waals surface area contributed by atoms with Crippen LogP contribution in [0.25, 0.3) is 17.3 Å². The maximum Gasteiger partial charge on any atom is 0.133 e. The van der Waals surface area contributed by atoms with Crippen LogP contribution in [0.1, 0.15) is 37.0 Å². The Balaban J connectivity index is 1.59. The van der Waals surface area contributed by atoms with Gasteiger partial charge in [-0.3, -0.25) is 0 Å². The van der Waals surface area contributed by atoms with E-state index in [1.165, 1.54) is 22.5 Å². The van der Waals surface area contributed by atoms with Gasteiger partial charge in [0.2, 0.25) is 0 Å². The van der Waals surface area contributed by atoms with Gasteiger partial charge in [0.05, 0.1) is 11.8 Å². The predicted molar refractivity (Wildman–Crippen MR) is 117 cm³/mol. The molecular weight excluding hydrogens is 346 g/mol. The Labute approximate surface area is 168 Å². The van der Waals surface area contributed by atoms with Crippen molar-refractivity contribution in [1.82, 2.24) is 9.88 Å². The van der Waals surface area contributed by atoms with Crippen LogP contribution in [0, 0.1) is 0 Å². The fourth-order valence-electron chi connectivity index (χ4n) is 4.14. The molecule has 0 radical (unpaired) electrons. The summed E-state index contributed by atoms with van der Waals surface area (Å²) in [6.45, 7) is 9.54. The number of nitrogens with zero attached hydrogens (tertiary/aromatic N) is 3. The van der Waals surface area contributed by atoms with Gasteiger partial charge < -0.3 is 14.9 Å². The van der Waals surface area contributed by atoms with Crippen LogP contribution in [-0.4, -0.2) is 53.8 Å². The van der Waals surface area contributed by atoms with Gasteiger partial charge in [0.15, 0.2) is 0 Å². The SMILES string of the molecule is CCN1CCN(c2nc(-c3ccc(CCC(C)O)cc3)cc3c2CC=C3)CC1. The van der Waals surface area contributed by atoms with Gasteiger partial charge in [-0.05, 0) is 49.9 Å². The molecule has 2 aliphatic rings. The monoisotopic (exact) mass is 377 g/mol. The fourth-order valence-corrected chi connectivity index (χ4v) is 4.14. The molecule has 28 heavy (non-hydrogen) atoms. The quantitative estimate of drug-likeness (QED) is 0.832. The van der Waals surface area contributed by atoms with E-state index in [2.05, 4.69) is 59.2 Å². The zero-order chi connectivity index (χ0) is 19.5. The Hall–Kier alpha value is -2.17. The first kappa shape index (κ1) is 19.2. The Morgan fingerprint density at radius 3 is 2.54 bits per heavy atom. The van der Waals surface area contributed by atoms with Gasteiger partial charge in [-0.1, -0.05) is 43.3 Å². The standard InChI is InChI=1S/C24H31N3O/c1-3-26-13-15-27(16-14-26)24-22-6-4-5-21(22)17-23(25-24)20-11-9-19(10-12-20)8-7-18(2)28/h4-5,9-12,17-18,28H,3,6-8,13-16H2,1-2H3. The lowest BCUT2D eigenvalue weighted by Crippen LogP contribution is -2.46. The lowest BCUT2D eigenvalue weighted by Gasteiger charge is -2.36. The summed E-state index contributed by atoms with van der Waals surface area (Å²) < 4.78 is 0. The number of aliphatic hydroxyl groups excluding tert-OH is 1. The molecule has 1 aromatic carbocycles. The highest BCUT2D eigenvalue weighted by atomic mass is 16.3. The molecule has 0 saturated carbocycles. The number of fused-ring (bicyclic) bond motifs is 1. The summed E-state index contributed by atoms with van der Waals surface area (Å²) in [7, 11) is 0. The molecule has 0 amide bonds. The van der Waals surface area contributed by atoms with Gasteiger partial charge in [-0.15, -0.1) is 0 Å². The topological polar surface area (TPSA) is 39.6 Å². The minimum absolute atomic E-state index is 0.249. The number of hydrogen-bond acceptors (Lipinski definition) is 4. The van der Waals surface area contributed by atoms with Crippen molar-refractivity contribution in [3.05, 3.63) is 53.1 Å². The third kappa shape index (κ3) is 4.13. The summed E-state index contributed by atoms with van der Waals surface area (Å²) in [6, 6.07) is 10.9. The Morgan fingerprint density at radius 1 is 1.11 bits per heavy atom. The van der Waals surface area contributed by atoms with Crippen molar-refractivity contribution in [3.8, 4) is 11.3 Å². The molecule has 148 valence electrons. The highest BCUT2D eigenvalue weighted by molar-refractivity contribution is 5.74. The molecule has 1 unspecified atom stereocenters. The van der Waals surface area contributed by atoms with Gasteiger partial charge in [-0.25, -0.2) is 4.98 Å². The first-order valence-corrected chi connectivity index (χ1v) is 10.6. The van der Waals surface area contributed by atoms with E-state index < -0.39 is 0 Å². The maximum absolute atomic E-state index is 9.50. The highest BCUT2D eigenvalue weighted by Gasteiger charge is 2.23. The van der Waals surface area contributed by atoms with E-state index in [0.29, 0.717) is 0 Å². The largest absolute Gasteiger partial charge is 0.393 e. The van der Waals surface area contributed by atoms with Crippen molar-refractivity contribution in [2.45, 2.75) is 39.2 Å². The molecule has 4 nitrogen and oxygen atoms in total. The number of rotatable bonds is 6. The molecule has 1 N–H and O–H groups in total. The van der Waals surface area contributed by atoms with Gasteiger partial charge in [0, 0.05) is 37.3 Å². The van der Waals surface area contributed by atoms with Gasteiger partial charge in [-0.2, -0.15) is 0 Å². The number of benzene rings is 1. The van der Waals surface area contributed by atoms with E-state index >= 15 is 0 Å². The summed E-state index contributed by atoms with van der Waals surface area (Å²) in [5, 5.41) is 9.50. The van der Waals surface area contributed by atoms with Gasteiger partial charge >= 0.3 is 0 Å². The van der Waals surface area contributed by atoms with E-state index in [1.807, 2.05) is 6.92 Å². The normalized spacial score (nSPS) is 17.8. The zero-order valence-corrected chi connectivity index (χ0v) is 17.1. The van der Waals surface area contributed by atoms with Crippen LogP contribution in [-0.2, 0) is 12.8 Å². The first-order chi connectivity index (χ1) is 13.6. The number of anilines is 1. The van der Waals surface area contributed by atoms with Crippen LogP contribution < -0.4 is 4.90 Å². The molecule has 4 rings (SSSR count). The molecule has 1 saturated heterocycles. The van der Waals surface area contributed by atoms with Crippen molar-refractivity contribution in [2.75, 3.05) is 37.6 Å². The van der Waals surface area contributed by atoms with Crippen LogP contribution in [0.2, 0.25) is 0 Å². The molecule has 0 spiro atoms. The number of aliphatic hydroxyl groups is 1. The Morgan fingerprint density at radius 2 is 1.86 bits per heavy atom. The van der Waals surface area contributed by atoms with Crippen LogP contribution >= 0.6 is 0 Å². The number of aromatic nitrogens is 1. The van der Waals surface area contributed by atoms with Crippen molar-refractivity contribution >= 4 is 11.9 Å². The van der Waals surface area contributed by atoms with E-state index in [-0.39, 0.29) is 6.10 Å². The van der Waals surface area contributed by atoms with Crippen molar-refractivity contribution in [1.29, 1.82) is 0 Å². The van der Waals surface area contributed by atoms with Crippen LogP contribution in [0.5, 0.6) is 0 Å². The maximum atomic E-state index is 9.50. The second-order valence-corrected chi connectivity index (χ2v) is 8.01. The summed E-state index contributed by atoms with van der Waals surface area (Å²) in [4.78, 5) is 10.1. The van der Waals surface area contributed by atoms with E-state index in [4.69, 9.17) is 4.98 Å². The summed E-state index contributed by atoms with van der Waals surface area (Å²) in [5.74, 6) is 1.17. The molecule has 1 aromatic heterocycles. The molecule has 1 aliphatic heterocycles. The highest BCUT2D eigenvalue weighted by Crippen LogP contribution is 2.33. The molecule has 1 atom stereocenters. The minimum atomic E-state index is -0.249.